The Labute approximate surface area is 125 Å². The molecule has 0 radical (unpaired) electrons. The first-order valence-corrected chi connectivity index (χ1v) is 6.93. The Morgan fingerprint density at radius 1 is 1.19 bits per heavy atom. The van der Waals surface area contributed by atoms with E-state index in [0.717, 1.165) is 0 Å². The molecule has 1 aromatic carbocycles. The third-order valence-corrected chi connectivity index (χ3v) is 3.02. The topological polar surface area (TPSA) is 61.5 Å². The molecule has 0 fully saturated rings. The second-order valence-electron chi connectivity index (χ2n) is 5.98. The SMILES string of the molecule is CC(C)(C)OC(=O)C1(Oc2ccccc2)C=CC=CC1N. The van der Waals surface area contributed by atoms with Crippen LogP contribution in [-0.2, 0) is 9.53 Å². The smallest absolute Gasteiger partial charge is 0.357 e. The molecular weight excluding hydrogens is 266 g/mol. The van der Waals surface area contributed by atoms with Crippen molar-refractivity contribution in [3.8, 4) is 5.75 Å². The highest BCUT2D eigenvalue weighted by molar-refractivity contribution is 5.85. The van der Waals surface area contributed by atoms with Crippen LogP contribution < -0.4 is 10.5 Å². The van der Waals surface area contributed by atoms with E-state index in [1.807, 2.05) is 39.0 Å². The van der Waals surface area contributed by atoms with Gasteiger partial charge in [0.15, 0.2) is 0 Å². The summed E-state index contributed by atoms with van der Waals surface area (Å²) in [5.41, 5.74) is 4.16. The maximum atomic E-state index is 12.6. The number of ether oxygens (including phenoxy) is 2. The summed E-state index contributed by atoms with van der Waals surface area (Å²) in [6.45, 7) is 5.44. The van der Waals surface area contributed by atoms with Crippen molar-refractivity contribution in [2.24, 2.45) is 5.73 Å². The maximum absolute atomic E-state index is 12.6. The first kappa shape index (κ1) is 15.3. The van der Waals surface area contributed by atoms with Crippen molar-refractivity contribution in [3.05, 3.63) is 54.6 Å². The van der Waals surface area contributed by atoms with E-state index in [4.69, 9.17) is 15.2 Å². The van der Waals surface area contributed by atoms with Gasteiger partial charge in [-0.25, -0.2) is 4.79 Å². The van der Waals surface area contributed by atoms with Crippen LogP contribution in [0.4, 0.5) is 0 Å². The molecule has 112 valence electrons. The van der Waals surface area contributed by atoms with Crippen molar-refractivity contribution >= 4 is 5.97 Å². The molecule has 0 bridgehead atoms. The molecule has 0 aliphatic heterocycles. The summed E-state index contributed by atoms with van der Waals surface area (Å²) in [5, 5.41) is 0. The molecule has 1 aromatic rings. The third-order valence-electron chi connectivity index (χ3n) is 3.02. The normalized spacial score (nSPS) is 24.7. The average Bonchev–Trinajstić information content (AvgIpc) is 2.40. The third kappa shape index (κ3) is 3.52. The predicted molar refractivity (Wildman–Crippen MR) is 81.9 cm³/mol. The zero-order valence-electron chi connectivity index (χ0n) is 12.6. The van der Waals surface area contributed by atoms with Gasteiger partial charge < -0.3 is 15.2 Å². The highest BCUT2D eigenvalue weighted by Crippen LogP contribution is 2.28. The van der Waals surface area contributed by atoms with Crippen molar-refractivity contribution in [3.63, 3.8) is 0 Å². The molecule has 1 aliphatic rings. The van der Waals surface area contributed by atoms with Crippen molar-refractivity contribution in [2.45, 2.75) is 38.0 Å². The maximum Gasteiger partial charge on any atom is 0.357 e. The van der Waals surface area contributed by atoms with Crippen molar-refractivity contribution in [1.82, 2.24) is 0 Å². The van der Waals surface area contributed by atoms with Gasteiger partial charge in [0, 0.05) is 0 Å². The minimum Gasteiger partial charge on any atom is -0.469 e. The van der Waals surface area contributed by atoms with E-state index < -0.39 is 23.2 Å². The summed E-state index contributed by atoms with van der Waals surface area (Å²) in [5.74, 6) is 0.0747. The molecular formula is C17H21NO3. The van der Waals surface area contributed by atoms with Gasteiger partial charge in [-0.05, 0) is 39.0 Å². The summed E-state index contributed by atoms with van der Waals surface area (Å²) < 4.78 is 11.4. The van der Waals surface area contributed by atoms with E-state index in [9.17, 15) is 4.79 Å². The predicted octanol–water partition coefficient (Wildman–Crippen LogP) is 2.60. The molecule has 0 aromatic heterocycles. The standard InChI is InChI=1S/C17H21NO3/c1-16(2,3)21-15(19)17(12-8-7-11-14(17)18)20-13-9-5-4-6-10-13/h4-12,14H,18H2,1-3H3. The van der Waals surface area contributed by atoms with Gasteiger partial charge in [0.1, 0.15) is 11.4 Å². The number of para-hydroxylation sites is 1. The summed E-state index contributed by atoms with van der Waals surface area (Å²) in [6.07, 6.45) is 6.92. The lowest BCUT2D eigenvalue weighted by atomic mass is 9.90. The van der Waals surface area contributed by atoms with Crippen LogP contribution in [0.1, 0.15) is 20.8 Å². The van der Waals surface area contributed by atoms with Crippen LogP contribution in [-0.4, -0.2) is 23.2 Å². The Bertz CT molecular complexity index is 557. The Morgan fingerprint density at radius 2 is 1.86 bits per heavy atom. The first-order chi connectivity index (χ1) is 9.83. The van der Waals surface area contributed by atoms with Crippen LogP contribution in [0.5, 0.6) is 5.75 Å². The van der Waals surface area contributed by atoms with Crippen molar-refractivity contribution < 1.29 is 14.3 Å². The van der Waals surface area contributed by atoms with Crippen molar-refractivity contribution in [2.75, 3.05) is 0 Å². The van der Waals surface area contributed by atoms with Crippen LogP contribution in [0.3, 0.4) is 0 Å². The molecule has 0 spiro atoms. The molecule has 1 aliphatic carbocycles. The van der Waals surface area contributed by atoms with Gasteiger partial charge >= 0.3 is 5.97 Å². The van der Waals surface area contributed by atoms with Crippen LogP contribution in [0.15, 0.2) is 54.6 Å². The molecule has 0 saturated carbocycles. The van der Waals surface area contributed by atoms with E-state index in [0.29, 0.717) is 5.75 Å². The number of hydrogen-bond acceptors (Lipinski definition) is 4. The second-order valence-corrected chi connectivity index (χ2v) is 5.98. The summed E-state index contributed by atoms with van der Waals surface area (Å²) in [6, 6.07) is 8.51. The fraction of sp³-hybridized carbons (Fsp3) is 0.353. The van der Waals surface area contributed by atoms with Crippen molar-refractivity contribution in [1.29, 1.82) is 0 Å². The largest absolute Gasteiger partial charge is 0.469 e. The van der Waals surface area contributed by atoms with Crippen LogP contribution in [0.2, 0.25) is 0 Å². The zero-order valence-corrected chi connectivity index (χ0v) is 12.6. The van der Waals surface area contributed by atoms with Crippen LogP contribution >= 0.6 is 0 Å². The van der Waals surface area contributed by atoms with Gasteiger partial charge in [0.05, 0.1) is 6.04 Å². The summed E-state index contributed by atoms with van der Waals surface area (Å²) >= 11 is 0. The molecule has 2 N–H and O–H groups in total. The van der Waals surface area contributed by atoms with Gasteiger partial charge in [-0.2, -0.15) is 0 Å². The number of allylic oxidation sites excluding steroid dienone is 2. The van der Waals surface area contributed by atoms with E-state index >= 15 is 0 Å². The van der Waals surface area contributed by atoms with Crippen LogP contribution in [0, 0.1) is 0 Å². The van der Waals surface area contributed by atoms with Gasteiger partial charge in [-0.1, -0.05) is 36.4 Å². The number of esters is 1. The van der Waals surface area contributed by atoms with Gasteiger partial charge in [-0.3, -0.25) is 0 Å². The highest BCUT2D eigenvalue weighted by atomic mass is 16.6. The average molecular weight is 287 g/mol. The number of carbonyl (C=O) groups excluding carboxylic acids is 1. The molecule has 4 heteroatoms. The number of nitrogens with two attached hydrogens (primary N) is 1. The molecule has 2 rings (SSSR count). The molecule has 0 amide bonds. The highest BCUT2D eigenvalue weighted by Gasteiger charge is 2.47. The minimum absolute atomic E-state index is 0.494. The second kappa shape index (κ2) is 5.74. The minimum atomic E-state index is -1.34. The Balaban J connectivity index is 2.34. The number of benzene rings is 1. The van der Waals surface area contributed by atoms with Gasteiger partial charge in [0.2, 0.25) is 5.60 Å². The van der Waals surface area contributed by atoms with Gasteiger partial charge in [0.25, 0.3) is 0 Å². The Morgan fingerprint density at radius 3 is 2.43 bits per heavy atom. The Kier molecular flexibility index (Phi) is 4.19. The fourth-order valence-electron chi connectivity index (χ4n) is 2.03. The summed E-state index contributed by atoms with van der Waals surface area (Å²) in [4.78, 5) is 12.6. The number of carbonyl (C=O) groups is 1. The number of rotatable bonds is 3. The van der Waals surface area contributed by atoms with Crippen LogP contribution in [0.25, 0.3) is 0 Å². The quantitative estimate of drug-likeness (QED) is 0.868. The van der Waals surface area contributed by atoms with E-state index in [1.165, 1.54) is 0 Å². The lowest BCUT2D eigenvalue weighted by Crippen LogP contribution is -2.58. The lowest BCUT2D eigenvalue weighted by molar-refractivity contribution is -0.170. The molecule has 0 saturated heterocycles. The monoisotopic (exact) mass is 287 g/mol. The molecule has 2 unspecified atom stereocenters. The molecule has 4 nitrogen and oxygen atoms in total. The summed E-state index contributed by atoms with van der Waals surface area (Å²) in [7, 11) is 0. The molecule has 0 heterocycles. The lowest BCUT2D eigenvalue weighted by Gasteiger charge is -2.36. The molecule has 2 atom stereocenters. The van der Waals surface area contributed by atoms with E-state index in [-0.39, 0.29) is 0 Å². The Hall–Kier alpha value is -2.07. The van der Waals surface area contributed by atoms with Gasteiger partial charge in [-0.15, -0.1) is 0 Å². The fourth-order valence-corrected chi connectivity index (χ4v) is 2.03. The zero-order chi connectivity index (χ0) is 15.5. The number of hydrogen-bond donors (Lipinski definition) is 1. The molecule has 21 heavy (non-hydrogen) atoms. The van der Waals surface area contributed by atoms with E-state index in [1.54, 1.807) is 36.4 Å². The van der Waals surface area contributed by atoms with E-state index in [2.05, 4.69) is 0 Å². The first-order valence-electron chi connectivity index (χ1n) is 6.93.